The molecule has 2 heterocycles. The van der Waals surface area contributed by atoms with Crippen LogP contribution in [0.5, 0.6) is 0 Å². The van der Waals surface area contributed by atoms with Crippen LogP contribution in [0.3, 0.4) is 0 Å². The highest BCUT2D eigenvalue weighted by molar-refractivity contribution is 5.70. The fourth-order valence-corrected chi connectivity index (χ4v) is 1.05. The van der Waals surface area contributed by atoms with Crippen LogP contribution in [0, 0.1) is 6.92 Å². The smallest absolute Gasteiger partial charge is 0.125 e. The van der Waals surface area contributed by atoms with Gasteiger partial charge in [0, 0.05) is 18.0 Å². The molecule has 3 N–H and O–H groups in total. The standard InChI is InChI=1S/C8H9N5/c1-5-10-2-6(3-11-5)8-7(9)4-12-13-8/h2-4H,9H2,1H3,(H,12,13). The number of anilines is 1. The zero-order valence-electron chi connectivity index (χ0n) is 7.15. The molecule has 0 bridgehead atoms. The molecule has 0 aliphatic rings. The Bertz CT molecular complexity index is 403. The fourth-order valence-electron chi connectivity index (χ4n) is 1.05. The maximum atomic E-state index is 5.66. The number of hydrogen-bond acceptors (Lipinski definition) is 4. The topological polar surface area (TPSA) is 80.5 Å². The average Bonchev–Trinajstić information content (AvgIpc) is 2.53. The number of nitrogen functional groups attached to an aromatic ring is 1. The van der Waals surface area contributed by atoms with Crippen molar-refractivity contribution in [1.82, 2.24) is 20.2 Å². The van der Waals surface area contributed by atoms with Gasteiger partial charge in [0.05, 0.1) is 17.6 Å². The Morgan fingerprint density at radius 1 is 1.23 bits per heavy atom. The molecule has 5 nitrogen and oxygen atoms in total. The van der Waals surface area contributed by atoms with Gasteiger partial charge < -0.3 is 5.73 Å². The third-order valence-electron chi connectivity index (χ3n) is 1.74. The Balaban J connectivity index is 2.47. The first-order chi connectivity index (χ1) is 6.27. The third-order valence-corrected chi connectivity index (χ3v) is 1.74. The van der Waals surface area contributed by atoms with Crippen molar-refractivity contribution in [2.75, 3.05) is 5.73 Å². The minimum absolute atomic E-state index is 0.604. The molecular weight excluding hydrogens is 166 g/mol. The number of nitrogens with two attached hydrogens (primary N) is 1. The van der Waals surface area contributed by atoms with E-state index in [4.69, 9.17) is 5.73 Å². The summed E-state index contributed by atoms with van der Waals surface area (Å²) >= 11 is 0. The molecular formula is C8H9N5. The Morgan fingerprint density at radius 3 is 2.46 bits per heavy atom. The van der Waals surface area contributed by atoms with Crippen LogP contribution in [-0.2, 0) is 0 Å². The van der Waals surface area contributed by atoms with Crippen LogP contribution >= 0.6 is 0 Å². The summed E-state index contributed by atoms with van der Waals surface area (Å²) in [5.74, 6) is 0.738. The lowest BCUT2D eigenvalue weighted by Gasteiger charge is -1.97. The maximum Gasteiger partial charge on any atom is 0.125 e. The molecule has 0 saturated carbocycles. The van der Waals surface area contributed by atoms with E-state index in [2.05, 4.69) is 20.2 Å². The van der Waals surface area contributed by atoms with E-state index in [1.807, 2.05) is 6.92 Å². The molecule has 0 saturated heterocycles. The first-order valence-electron chi connectivity index (χ1n) is 3.85. The van der Waals surface area contributed by atoms with Crippen molar-refractivity contribution in [3.05, 3.63) is 24.4 Å². The van der Waals surface area contributed by atoms with Crippen LogP contribution < -0.4 is 5.73 Å². The lowest BCUT2D eigenvalue weighted by molar-refractivity contribution is 1.04. The second kappa shape index (κ2) is 2.85. The summed E-state index contributed by atoms with van der Waals surface area (Å²) in [4.78, 5) is 8.12. The summed E-state index contributed by atoms with van der Waals surface area (Å²) in [6.45, 7) is 1.83. The predicted molar refractivity (Wildman–Crippen MR) is 48.8 cm³/mol. The van der Waals surface area contributed by atoms with Crippen LogP contribution in [-0.4, -0.2) is 20.2 Å². The van der Waals surface area contributed by atoms with Crippen molar-refractivity contribution < 1.29 is 0 Å². The molecule has 13 heavy (non-hydrogen) atoms. The molecule has 0 amide bonds. The highest BCUT2D eigenvalue weighted by Crippen LogP contribution is 2.20. The Morgan fingerprint density at radius 2 is 1.92 bits per heavy atom. The van der Waals surface area contributed by atoms with E-state index in [-0.39, 0.29) is 0 Å². The van der Waals surface area contributed by atoms with Gasteiger partial charge in [0.2, 0.25) is 0 Å². The SMILES string of the molecule is Cc1ncc(-c2[nH]ncc2N)cn1. The van der Waals surface area contributed by atoms with E-state index < -0.39 is 0 Å². The second-order valence-corrected chi connectivity index (χ2v) is 2.72. The molecule has 66 valence electrons. The summed E-state index contributed by atoms with van der Waals surface area (Å²) in [7, 11) is 0. The van der Waals surface area contributed by atoms with Gasteiger partial charge in [0.25, 0.3) is 0 Å². The van der Waals surface area contributed by atoms with Gasteiger partial charge in [-0.2, -0.15) is 5.10 Å². The van der Waals surface area contributed by atoms with E-state index in [1.54, 1.807) is 18.6 Å². The molecule has 0 unspecified atom stereocenters. The number of hydrogen-bond donors (Lipinski definition) is 2. The molecule has 0 spiro atoms. The van der Waals surface area contributed by atoms with Gasteiger partial charge in [0.1, 0.15) is 5.82 Å². The van der Waals surface area contributed by atoms with E-state index in [0.717, 1.165) is 17.1 Å². The Hall–Kier alpha value is -1.91. The third kappa shape index (κ3) is 1.35. The summed E-state index contributed by atoms with van der Waals surface area (Å²) in [5, 5.41) is 6.60. The molecule has 2 aromatic heterocycles. The van der Waals surface area contributed by atoms with Gasteiger partial charge in [0.15, 0.2) is 0 Å². The number of nitrogens with one attached hydrogen (secondary N) is 1. The molecule has 0 fully saturated rings. The largest absolute Gasteiger partial charge is 0.396 e. The normalized spacial score (nSPS) is 10.2. The van der Waals surface area contributed by atoms with E-state index in [9.17, 15) is 0 Å². The van der Waals surface area contributed by atoms with Crippen LogP contribution in [0.15, 0.2) is 18.6 Å². The van der Waals surface area contributed by atoms with Gasteiger partial charge >= 0.3 is 0 Å². The first-order valence-corrected chi connectivity index (χ1v) is 3.85. The molecule has 0 aliphatic heterocycles. The quantitative estimate of drug-likeness (QED) is 0.670. The van der Waals surface area contributed by atoms with Crippen LogP contribution in [0.2, 0.25) is 0 Å². The number of aromatic amines is 1. The van der Waals surface area contributed by atoms with Gasteiger partial charge in [-0.1, -0.05) is 0 Å². The number of rotatable bonds is 1. The number of aryl methyl sites for hydroxylation is 1. The Labute approximate surface area is 75.0 Å². The van der Waals surface area contributed by atoms with Crippen molar-refractivity contribution in [1.29, 1.82) is 0 Å². The highest BCUT2D eigenvalue weighted by Gasteiger charge is 2.04. The van der Waals surface area contributed by atoms with Crippen LogP contribution in [0.1, 0.15) is 5.82 Å². The lowest BCUT2D eigenvalue weighted by atomic mass is 10.2. The van der Waals surface area contributed by atoms with Crippen molar-refractivity contribution in [3.8, 4) is 11.3 Å². The molecule has 0 atom stereocenters. The zero-order valence-corrected chi connectivity index (χ0v) is 7.15. The lowest BCUT2D eigenvalue weighted by Crippen LogP contribution is -1.91. The maximum absolute atomic E-state index is 5.66. The molecule has 0 aromatic carbocycles. The van der Waals surface area contributed by atoms with Gasteiger partial charge in [-0.25, -0.2) is 9.97 Å². The van der Waals surface area contributed by atoms with Crippen molar-refractivity contribution >= 4 is 5.69 Å². The van der Waals surface area contributed by atoms with E-state index in [1.165, 1.54) is 0 Å². The molecule has 0 radical (unpaired) electrons. The summed E-state index contributed by atoms with van der Waals surface area (Å²) in [5.41, 5.74) is 7.88. The van der Waals surface area contributed by atoms with E-state index in [0.29, 0.717) is 5.69 Å². The van der Waals surface area contributed by atoms with Gasteiger partial charge in [-0.15, -0.1) is 0 Å². The average molecular weight is 175 g/mol. The highest BCUT2D eigenvalue weighted by atomic mass is 15.1. The van der Waals surface area contributed by atoms with E-state index >= 15 is 0 Å². The van der Waals surface area contributed by atoms with Crippen molar-refractivity contribution in [3.63, 3.8) is 0 Å². The fraction of sp³-hybridized carbons (Fsp3) is 0.125. The number of H-pyrrole nitrogens is 1. The molecule has 2 aromatic rings. The monoisotopic (exact) mass is 175 g/mol. The number of aromatic nitrogens is 4. The summed E-state index contributed by atoms with van der Waals surface area (Å²) in [6.07, 6.45) is 4.99. The molecule has 2 rings (SSSR count). The van der Waals surface area contributed by atoms with Crippen LogP contribution in [0.25, 0.3) is 11.3 Å². The Kier molecular flexibility index (Phi) is 1.70. The van der Waals surface area contributed by atoms with Crippen molar-refractivity contribution in [2.24, 2.45) is 0 Å². The first kappa shape index (κ1) is 7.72. The molecule has 0 aliphatic carbocycles. The van der Waals surface area contributed by atoms with Crippen LogP contribution in [0.4, 0.5) is 5.69 Å². The zero-order chi connectivity index (χ0) is 9.26. The minimum atomic E-state index is 0.604. The summed E-state index contributed by atoms with van der Waals surface area (Å²) in [6, 6.07) is 0. The van der Waals surface area contributed by atoms with Gasteiger partial charge in [-0.05, 0) is 6.92 Å². The van der Waals surface area contributed by atoms with Gasteiger partial charge in [-0.3, -0.25) is 5.10 Å². The van der Waals surface area contributed by atoms with Crippen molar-refractivity contribution in [2.45, 2.75) is 6.92 Å². The second-order valence-electron chi connectivity index (χ2n) is 2.72. The predicted octanol–water partition coefficient (Wildman–Crippen LogP) is 0.757. The summed E-state index contributed by atoms with van der Waals surface area (Å²) < 4.78 is 0. The molecule has 5 heteroatoms. The number of nitrogens with zero attached hydrogens (tertiary/aromatic N) is 3. The minimum Gasteiger partial charge on any atom is -0.396 e.